The van der Waals surface area contributed by atoms with Crippen molar-refractivity contribution in [3.05, 3.63) is 65.2 Å². The standard InChI is InChI=1S/C53H77N11O9S/c1-35(2)42-17-19-64-47(42)50(56-33-58-64)59-39-11-13-40(14-12-39)61-20-22-62(23-21-61)46(68)16-15-44(66)54-18-24-71-25-26-72-27-28-73-32-45(67)60-49(53(4,5)6)52(70)63-31-41(65)29-43(63)51(69)55-30-37-7-9-38(10-8-37)48-36(3)57-34-74-48/h7-10,17,19,33-35,39-41,43,49,65H,11-16,18,20-32H2,1-6H3,(H,54,66)(H,55,69)(H,60,67)(H,56,58,59). The van der Waals surface area contributed by atoms with Gasteiger partial charge < -0.3 is 50.4 Å². The summed E-state index contributed by atoms with van der Waals surface area (Å²) in [5.41, 5.74) is 6.29. The molecule has 20 nitrogen and oxygen atoms in total. The van der Waals surface area contributed by atoms with Crippen molar-refractivity contribution in [3.63, 3.8) is 0 Å². The number of aromatic nitrogens is 4. The van der Waals surface area contributed by atoms with Crippen LogP contribution in [0.25, 0.3) is 16.0 Å². The minimum Gasteiger partial charge on any atom is -0.391 e. The summed E-state index contributed by atoms with van der Waals surface area (Å²) in [5.74, 6) is -0.240. The summed E-state index contributed by atoms with van der Waals surface area (Å²) in [4.78, 5) is 81.6. The summed E-state index contributed by atoms with van der Waals surface area (Å²) in [7, 11) is 0. The second-order valence-electron chi connectivity index (χ2n) is 21.0. The lowest BCUT2D eigenvalue weighted by atomic mass is 9.85. The number of nitrogens with one attached hydrogen (secondary N) is 4. The molecule has 1 saturated carbocycles. The number of amides is 5. The highest BCUT2D eigenvalue weighted by atomic mass is 32.1. The number of aliphatic hydroxyl groups excluding tert-OH is 1. The summed E-state index contributed by atoms with van der Waals surface area (Å²) in [6, 6.07) is 8.96. The number of hydrogen-bond donors (Lipinski definition) is 5. The lowest BCUT2D eigenvalue weighted by Crippen LogP contribution is -2.58. The first-order valence-corrected chi connectivity index (χ1v) is 27.1. The fourth-order valence-electron chi connectivity index (χ4n) is 9.98. The van der Waals surface area contributed by atoms with Gasteiger partial charge in [0.05, 0.1) is 55.2 Å². The average molecular weight is 1040 g/mol. The molecule has 0 bridgehead atoms. The van der Waals surface area contributed by atoms with E-state index in [0.717, 1.165) is 71.8 Å². The highest BCUT2D eigenvalue weighted by Gasteiger charge is 2.44. The van der Waals surface area contributed by atoms with Crippen LogP contribution in [0.2, 0.25) is 0 Å². The predicted molar refractivity (Wildman–Crippen MR) is 281 cm³/mol. The molecule has 1 aliphatic carbocycles. The van der Waals surface area contributed by atoms with E-state index >= 15 is 0 Å². The highest BCUT2D eigenvalue weighted by molar-refractivity contribution is 7.13. The number of nitrogens with zero attached hydrogens (tertiary/aromatic N) is 7. The Morgan fingerprint density at radius 2 is 1.55 bits per heavy atom. The van der Waals surface area contributed by atoms with E-state index < -0.39 is 35.4 Å². The van der Waals surface area contributed by atoms with Crippen molar-refractivity contribution >= 4 is 52.2 Å². The number of carbonyl (C=O) groups is 5. The smallest absolute Gasteiger partial charge is 0.246 e. The molecule has 2 aliphatic heterocycles. The third-order valence-corrected chi connectivity index (χ3v) is 15.1. The Morgan fingerprint density at radius 1 is 0.851 bits per heavy atom. The number of likely N-dealkylation sites (tertiary alicyclic amines) is 1. The molecule has 5 heterocycles. The Balaban J connectivity index is 0.693. The van der Waals surface area contributed by atoms with E-state index in [0.29, 0.717) is 44.2 Å². The van der Waals surface area contributed by atoms with Gasteiger partial charge in [-0.1, -0.05) is 58.9 Å². The number of thiazole rings is 1. The molecule has 3 fully saturated rings. The van der Waals surface area contributed by atoms with Gasteiger partial charge in [-0.15, -0.1) is 11.3 Å². The number of benzene rings is 1. The van der Waals surface area contributed by atoms with E-state index in [1.54, 1.807) is 17.7 Å². The lowest BCUT2D eigenvalue weighted by molar-refractivity contribution is -0.144. The molecule has 3 atom stereocenters. The summed E-state index contributed by atoms with van der Waals surface area (Å²) in [6.07, 6.45) is 7.42. The Bertz CT molecular complexity index is 2480. The minimum atomic E-state index is -0.978. The van der Waals surface area contributed by atoms with Crippen molar-refractivity contribution in [2.75, 3.05) is 84.2 Å². The van der Waals surface area contributed by atoms with Gasteiger partial charge in [-0.25, -0.2) is 14.5 Å². The Morgan fingerprint density at radius 3 is 2.23 bits per heavy atom. The Labute approximate surface area is 438 Å². The van der Waals surface area contributed by atoms with Crippen LogP contribution in [-0.4, -0.2) is 178 Å². The van der Waals surface area contributed by atoms with Crippen molar-refractivity contribution in [2.24, 2.45) is 5.41 Å². The van der Waals surface area contributed by atoms with Crippen molar-refractivity contribution in [3.8, 4) is 10.4 Å². The molecule has 2 saturated heterocycles. The molecule has 1 aromatic carbocycles. The molecule has 4 aromatic rings. The summed E-state index contributed by atoms with van der Waals surface area (Å²) >= 11 is 1.57. The molecule has 21 heteroatoms. The largest absolute Gasteiger partial charge is 0.391 e. The maximum absolute atomic E-state index is 13.9. The van der Waals surface area contributed by atoms with Crippen LogP contribution in [0.15, 0.2) is 48.4 Å². The van der Waals surface area contributed by atoms with E-state index in [2.05, 4.69) is 61.1 Å². The zero-order valence-electron chi connectivity index (χ0n) is 44.0. The maximum atomic E-state index is 13.9. The number of piperazine rings is 1. The third-order valence-electron chi connectivity index (χ3n) is 14.2. The number of aliphatic hydroxyl groups is 1. The second-order valence-corrected chi connectivity index (χ2v) is 21.8. The Kier molecular flexibility index (Phi) is 20.3. The number of anilines is 1. The number of hydrogen-bond acceptors (Lipinski definition) is 15. The van der Waals surface area contributed by atoms with Gasteiger partial charge in [0.15, 0.2) is 5.82 Å². The number of ether oxygens (including phenoxy) is 3. The van der Waals surface area contributed by atoms with Crippen molar-refractivity contribution in [1.82, 2.24) is 50.2 Å². The van der Waals surface area contributed by atoms with Gasteiger partial charge in [-0.2, -0.15) is 5.10 Å². The maximum Gasteiger partial charge on any atom is 0.246 e. The summed E-state index contributed by atoms with van der Waals surface area (Å²) < 4.78 is 18.6. The van der Waals surface area contributed by atoms with Gasteiger partial charge in [-0.3, -0.25) is 28.9 Å². The van der Waals surface area contributed by atoms with Crippen molar-refractivity contribution < 1.29 is 43.3 Å². The molecular weight excluding hydrogens is 967 g/mol. The first-order chi connectivity index (χ1) is 35.5. The average Bonchev–Trinajstić information content (AvgIpc) is 4.14. The fraction of sp³-hybridized carbons (Fsp3) is 0.623. The van der Waals surface area contributed by atoms with Gasteiger partial charge in [0.1, 0.15) is 30.5 Å². The van der Waals surface area contributed by atoms with Crippen LogP contribution in [0.3, 0.4) is 0 Å². The quantitative estimate of drug-likeness (QED) is 0.0627. The van der Waals surface area contributed by atoms with Gasteiger partial charge >= 0.3 is 0 Å². The first kappa shape index (κ1) is 56.2. The molecule has 5 N–H and O–H groups in total. The normalized spacial score (nSPS) is 19.9. The molecule has 0 spiro atoms. The monoisotopic (exact) mass is 1040 g/mol. The fourth-order valence-corrected chi connectivity index (χ4v) is 10.8. The highest BCUT2D eigenvalue weighted by Crippen LogP contribution is 2.31. The molecule has 3 aliphatic rings. The molecular formula is C53H77N11O9S. The van der Waals surface area contributed by atoms with Crippen molar-refractivity contribution in [2.45, 2.75) is 129 Å². The van der Waals surface area contributed by atoms with E-state index in [1.165, 1.54) is 10.5 Å². The second kappa shape index (κ2) is 26.8. The van der Waals surface area contributed by atoms with Crippen LogP contribution in [0.4, 0.5) is 5.82 Å². The predicted octanol–water partition coefficient (Wildman–Crippen LogP) is 3.91. The zero-order valence-corrected chi connectivity index (χ0v) is 44.8. The van der Waals surface area contributed by atoms with E-state index in [4.69, 9.17) is 14.2 Å². The van der Waals surface area contributed by atoms with E-state index in [-0.39, 0.29) is 83.1 Å². The Hall–Kier alpha value is -5.58. The zero-order chi connectivity index (χ0) is 52.8. The number of aryl methyl sites for hydroxylation is 1. The molecule has 3 aromatic heterocycles. The number of fused-ring (bicyclic) bond motifs is 1. The van der Waals surface area contributed by atoms with Crippen LogP contribution in [0.1, 0.15) is 102 Å². The molecule has 3 unspecified atom stereocenters. The van der Waals surface area contributed by atoms with Gasteiger partial charge in [-0.05, 0) is 66.7 Å². The third kappa shape index (κ3) is 15.5. The lowest BCUT2D eigenvalue weighted by Gasteiger charge is -2.42. The number of rotatable bonds is 24. The van der Waals surface area contributed by atoms with Crippen LogP contribution in [0, 0.1) is 12.3 Å². The van der Waals surface area contributed by atoms with Gasteiger partial charge in [0.2, 0.25) is 29.5 Å². The number of carbonyl (C=O) groups excluding carboxylic acids is 5. The van der Waals surface area contributed by atoms with E-state index in [1.807, 2.05) is 73.1 Å². The minimum absolute atomic E-state index is 0.00454. The van der Waals surface area contributed by atoms with E-state index in [9.17, 15) is 29.1 Å². The van der Waals surface area contributed by atoms with Crippen LogP contribution in [0.5, 0.6) is 0 Å². The molecule has 5 amide bonds. The van der Waals surface area contributed by atoms with Crippen LogP contribution in [-0.2, 0) is 44.7 Å². The number of β-amino-alcohol motifs (C(OH)–C–C–N with tert-alkyl or cyclic N) is 1. The van der Waals surface area contributed by atoms with Crippen LogP contribution < -0.4 is 21.3 Å². The van der Waals surface area contributed by atoms with Crippen LogP contribution >= 0.6 is 11.3 Å². The topological polar surface area (TPSA) is 234 Å². The summed E-state index contributed by atoms with van der Waals surface area (Å²) in [5, 5.41) is 27.2. The van der Waals surface area contributed by atoms with Crippen molar-refractivity contribution in [1.29, 1.82) is 0 Å². The first-order valence-electron chi connectivity index (χ1n) is 26.2. The molecule has 74 heavy (non-hydrogen) atoms. The van der Waals surface area contributed by atoms with Gasteiger partial charge in [0, 0.05) is 83.4 Å². The summed E-state index contributed by atoms with van der Waals surface area (Å²) in [6.45, 7) is 16.2. The SMILES string of the molecule is Cc1ncsc1-c1ccc(CNC(=O)C2CC(O)CN2C(=O)C(NC(=O)COCCOCCOCCNC(=O)CCC(=O)N2CCN(C3CCC(Nc4ncnn5ccc(C(C)C)c45)CC3)CC2)C(C)(C)C)cc1. The van der Waals surface area contributed by atoms with Gasteiger partial charge in [0.25, 0.3) is 0 Å². The molecule has 404 valence electrons. The molecule has 7 rings (SSSR count). The molecule has 0 radical (unpaired) electrons.